The molecule has 4 rings (SSSR count). The van der Waals surface area contributed by atoms with Gasteiger partial charge in [0.1, 0.15) is 5.84 Å². The molecule has 2 aliphatic rings. The average Bonchev–Trinajstić information content (AvgIpc) is 3.38. The molecule has 0 spiro atoms. The highest BCUT2D eigenvalue weighted by Crippen LogP contribution is 2.50. The zero-order chi connectivity index (χ0) is 20.4. The lowest BCUT2D eigenvalue weighted by atomic mass is 9.93. The van der Waals surface area contributed by atoms with Gasteiger partial charge in [0.05, 0.1) is 5.41 Å². The average molecular weight is 427 g/mol. The Kier molecular flexibility index (Phi) is 6.46. The van der Waals surface area contributed by atoms with E-state index in [-0.39, 0.29) is 35.5 Å². The molecule has 0 atom stereocenters. The predicted molar refractivity (Wildman–Crippen MR) is 119 cm³/mol. The van der Waals surface area contributed by atoms with E-state index in [0.717, 1.165) is 49.9 Å². The van der Waals surface area contributed by atoms with Gasteiger partial charge >= 0.3 is 0 Å². The monoisotopic (exact) mass is 426 g/mol. The number of hydrogen-bond donors (Lipinski definition) is 3. The van der Waals surface area contributed by atoms with Gasteiger partial charge in [0, 0.05) is 30.8 Å². The SMILES string of the molecule is Cl.N=C(N)c1cccc(C(=O)NCc2cccc(C3(C(=O)N4CCCC4)CC3)c2)c1. The topological polar surface area (TPSA) is 99.3 Å². The second kappa shape index (κ2) is 8.88. The first kappa shape index (κ1) is 21.8. The molecule has 6 nitrogen and oxygen atoms in total. The number of nitrogens with one attached hydrogen (secondary N) is 2. The van der Waals surface area contributed by atoms with E-state index in [1.807, 2.05) is 29.2 Å². The molecule has 1 heterocycles. The number of amidine groups is 1. The molecule has 7 heteroatoms. The molecule has 2 amide bonds. The van der Waals surface area contributed by atoms with Gasteiger partial charge in [-0.2, -0.15) is 0 Å². The van der Waals surface area contributed by atoms with E-state index in [2.05, 4.69) is 5.32 Å². The summed E-state index contributed by atoms with van der Waals surface area (Å²) in [7, 11) is 0. The first-order chi connectivity index (χ1) is 14.0. The Bertz CT molecular complexity index is 965. The Morgan fingerprint density at radius 3 is 2.37 bits per heavy atom. The summed E-state index contributed by atoms with van der Waals surface area (Å²) in [6.07, 6.45) is 3.99. The van der Waals surface area contributed by atoms with E-state index >= 15 is 0 Å². The summed E-state index contributed by atoms with van der Waals surface area (Å²) < 4.78 is 0. The quantitative estimate of drug-likeness (QED) is 0.489. The molecule has 158 valence electrons. The van der Waals surface area contributed by atoms with Crippen LogP contribution >= 0.6 is 12.4 Å². The predicted octanol–water partition coefficient (Wildman–Crippen LogP) is 2.98. The molecule has 0 bridgehead atoms. The summed E-state index contributed by atoms with van der Waals surface area (Å²) in [5.74, 6) is -0.0187. The smallest absolute Gasteiger partial charge is 0.251 e. The molecule has 1 saturated heterocycles. The Morgan fingerprint density at radius 1 is 1.03 bits per heavy atom. The fourth-order valence-corrected chi connectivity index (χ4v) is 4.07. The molecular formula is C23H27ClN4O2. The number of nitrogen functional groups attached to an aromatic ring is 1. The Morgan fingerprint density at radius 2 is 1.70 bits per heavy atom. The molecule has 1 aliphatic carbocycles. The summed E-state index contributed by atoms with van der Waals surface area (Å²) in [5, 5.41) is 10.4. The second-order valence-electron chi connectivity index (χ2n) is 7.96. The van der Waals surface area contributed by atoms with Crippen molar-refractivity contribution in [2.45, 2.75) is 37.6 Å². The largest absolute Gasteiger partial charge is 0.384 e. The number of hydrogen-bond acceptors (Lipinski definition) is 3. The van der Waals surface area contributed by atoms with E-state index < -0.39 is 0 Å². The lowest BCUT2D eigenvalue weighted by molar-refractivity contribution is -0.132. The zero-order valence-corrected chi connectivity index (χ0v) is 17.6. The van der Waals surface area contributed by atoms with Crippen LogP contribution in [0.4, 0.5) is 0 Å². The highest BCUT2D eigenvalue weighted by Gasteiger charge is 2.53. The Labute approximate surface area is 182 Å². The molecule has 0 unspecified atom stereocenters. The minimum atomic E-state index is -0.361. The number of carbonyl (C=O) groups is 2. The van der Waals surface area contributed by atoms with E-state index in [4.69, 9.17) is 11.1 Å². The van der Waals surface area contributed by atoms with Crippen LogP contribution in [0.2, 0.25) is 0 Å². The fourth-order valence-electron chi connectivity index (χ4n) is 4.07. The summed E-state index contributed by atoms with van der Waals surface area (Å²) in [5.41, 5.74) is 8.16. The molecule has 2 aromatic rings. The van der Waals surface area contributed by atoms with Gasteiger partial charge < -0.3 is 16.0 Å². The Hall–Kier alpha value is -2.86. The zero-order valence-electron chi connectivity index (χ0n) is 16.8. The molecule has 0 aromatic heterocycles. The third-order valence-corrected chi connectivity index (χ3v) is 5.92. The number of halogens is 1. The van der Waals surface area contributed by atoms with E-state index in [0.29, 0.717) is 17.7 Å². The number of carbonyl (C=O) groups excluding carboxylic acids is 2. The molecule has 1 saturated carbocycles. The van der Waals surface area contributed by atoms with E-state index in [1.165, 1.54) is 0 Å². The number of amides is 2. The van der Waals surface area contributed by atoms with Crippen LogP contribution in [0.1, 0.15) is 52.7 Å². The van der Waals surface area contributed by atoms with Crippen LogP contribution in [0.25, 0.3) is 0 Å². The lowest BCUT2D eigenvalue weighted by Gasteiger charge is -2.23. The van der Waals surface area contributed by atoms with Crippen LogP contribution in [0, 0.1) is 5.41 Å². The normalized spacial score (nSPS) is 16.5. The van der Waals surface area contributed by atoms with Crippen LogP contribution < -0.4 is 11.1 Å². The van der Waals surface area contributed by atoms with Crippen molar-refractivity contribution in [3.8, 4) is 0 Å². The van der Waals surface area contributed by atoms with Crippen molar-refractivity contribution in [2.75, 3.05) is 13.1 Å². The van der Waals surface area contributed by atoms with Gasteiger partial charge in [-0.1, -0.05) is 36.4 Å². The second-order valence-corrected chi connectivity index (χ2v) is 7.96. The van der Waals surface area contributed by atoms with Crippen molar-refractivity contribution in [1.82, 2.24) is 10.2 Å². The van der Waals surface area contributed by atoms with Crippen LogP contribution in [-0.4, -0.2) is 35.6 Å². The highest BCUT2D eigenvalue weighted by atomic mass is 35.5. The summed E-state index contributed by atoms with van der Waals surface area (Å²) >= 11 is 0. The minimum Gasteiger partial charge on any atom is -0.384 e. The van der Waals surface area contributed by atoms with Crippen molar-refractivity contribution in [2.24, 2.45) is 5.73 Å². The molecule has 2 fully saturated rings. The molecule has 2 aromatic carbocycles. The third kappa shape index (κ3) is 4.33. The van der Waals surface area contributed by atoms with Crippen LogP contribution in [-0.2, 0) is 16.8 Å². The maximum Gasteiger partial charge on any atom is 0.251 e. The summed E-state index contributed by atoms with van der Waals surface area (Å²) in [6, 6.07) is 14.7. The van der Waals surface area contributed by atoms with Crippen molar-refractivity contribution >= 4 is 30.1 Å². The van der Waals surface area contributed by atoms with E-state index in [1.54, 1.807) is 24.3 Å². The van der Waals surface area contributed by atoms with Crippen LogP contribution in [0.5, 0.6) is 0 Å². The minimum absolute atomic E-state index is 0. The van der Waals surface area contributed by atoms with E-state index in [9.17, 15) is 9.59 Å². The van der Waals surface area contributed by atoms with Gasteiger partial charge in [0.15, 0.2) is 0 Å². The number of benzene rings is 2. The molecule has 30 heavy (non-hydrogen) atoms. The summed E-state index contributed by atoms with van der Waals surface area (Å²) in [4.78, 5) is 27.5. The van der Waals surface area contributed by atoms with Gasteiger partial charge in [0.2, 0.25) is 5.91 Å². The fraction of sp³-hybridized carbons (Fsp3) is 0.348. The lowest BCUT2D eigenvalue weighted by Crippen LogP contribution is -2.37. The van der Waals surface area contributed by atoms with Gasteiger partial charge in [-0.3, -0.25) is 15.0 Å². The van der Waals surface area contributed by atoms with Crippen LogP contribution in [0.15, 0.2) is 48.5 Å². The summed E-state index contributed by atoms with van der Waals surface area (Å²) in [6.45, 7) is 2.12. The van der Waals surface area contributed by atoms with Gasteiger partial charge in [-0.05, 0) is 48.9 Å². The molecule has 4 N–H and O–H groups in total. The third-order valence-electron chi connectivity index (χ3n) is 5.92. The molecular weight excluding hydrogens is 400 g/mol. The number of rotatable bonds is 6. The molecule has 1 aliphatic heterocycles. The maximum absolute atomic E-state index is 13.0. The first-order valence-electron chi connectivity index (χ1n) is 10.1. The maximum atomic E-state index is 13.0. The number of likely N-dealkylation sites (tertiary alicyclic amines) is 1. The standard InChI is InChI=1S/C23H26N4O2.ClH/c24-20(25)17-6-4-7-18(14-17)21(28)26-15-16-5-3-8-19(13-16)23(9-10-23)22(29)27-11-1-2-12-27;/h3-8,13-14H,1-2,9-12,15H2,(H3,24,25)(H,26,28);1H. The van der Waals surface area contributed by atoms with Gasteiger partial charge in [-0.25, -0.2) is 0 Å². The highest BCUT2D eigenvalue weighted by molar-refractivity contribution is 6.00. The number of nitrogens with zero attached hydrogens (tertiary/aromatic N) is 1. The van der Waals surface area contributed by atoms with Gasteiger partial charge in [-0.15, -0.1) is 12.4 Å². The van der Waals surface area contributed by atoms with Crippen molar-refractivity contribution in [3.05, 3.63) is 70.8 Å². The number of nitrogens with two attached hydrogens (primary N) is 1. The van der Waals surface area contributed by atoms with Gasteiger partial charge in [0.25, 0.3) is 5.91 Å². The molecule has 0 radical (unpaired) electrons. The Balaban J connectivity index is 0.00000256. The van der Waals surface area contributed by atoms with Crippen molar-refractivity contribution in [1.29, 1.82) is 5.41 Å². The first-order valence-corrected chi connectivity index (χ1v) is 10.1. The van der Waals surface area contributed by atoms with Crippen molar-refractivity contribution < 1.29 is 9.59 Å². The van der Waals surface area contributed by atoms with Crippen molar-refractivity contribution in [3.63, 3.8) is 0 Å². The van der Waals surface area contributed by atoms with Crippen LogP contribution in [0.3, 0.4) is 0 Å².